The average Bonchev–Trinajstić information content (AvgIpc) is 2.43. The van der Waals surface area contributed by atoms with Gasteiger partial charge in [-0.3, -0.25) is 0 Å². The first-order chi connectivity index (χ1) is 9.49. The predicted octanol–water partition coefficient (Wildman–Crippen LogP) is 4.29. The van der Waals surface area contributed by atoms with Gasteiger partial charge in [0.25, 0.3) is 0 Å². The lowest BCUT2D eigenvalue weighted by molar-refractivity contribution is -0.116. The third-order valence-electron chi connectivity index (χ3n) is 3.04. The monoisotopic (exact) mass is 278 g/mol. The molecule has 0 radical (unpaired) electrons. The van der Waals surface area contributed by atoms with Gasteiger partial charge in [-0.25, -0.2) is 13.2 Å². The molecule has 0 unspecified atom stereocenters. The summed E-state index contributed by atoms with van der Waals surface area (Å²) in [7, 11) is 0. The first kappa shape index (κ1) is 14.3. The van der Waals surface area contributed by atoms with Gasteiger partial charge < -0.3 is 4.79 Å². The zero-order valence-electron chi connectivity index (χ0n) is 10.9. The van der Waals surface area contributed by atoms with Crippen LogP contribution in [0.1, 0.15) is 18.9 Å². The van der Waals surface area contributed by atoms with Gasteiger partial charge in [0.2, 0.25) is 0 Å². The van der Waals surface area contributed by atoms with Crippen molar-refractivity contribution in [1.82, 2.24) is 0 Å². The first-order valence-corrected chi connectivity index (χ1v) is 6.21. The molecule has 0 atom stereocenters. The summed E-state index contributed by atoms with van der Waals surface area (Å²) in [5, 5.41) is 0. The van der Waals surface area contributed by atoms with Gasteiger partial charge in [-0.2, -0.15) is 0 Å². The van der Waals surface area contributed by atoms with Crippen LogP contribution in [-0.4, -0.2) is 5.78 Å². The molecule has 2 rings (SSSR count). The van der Waals surface area contributed by atoms with Crippen LogP contribution in [-0.2, 0) is 11.2 Å². The number of carbonyl (C=O) groups excluding carboxylic acids is 1. The second-order valence-electron chi connectivity index (χ2n) is 4.63. The van der Waals surface area contributed by atoms with Crippen LogP contribution in [0.25, 0.3) is 11.1 Å². The number of carbonyl (C=O) groups is 1. The molecule has 0 saturated heterocycles. The second kappa shape index (κ2) is 5.90. The van der Waals surface area contributed by atoms with Crippen molar-refractivity contribution >= 4 is 5.78 Å². The van der Waals surface area contributed by atoms with Crippen LogP contribution in [0, 0.1) is 17.5 Å². The number of hydrogen-bond acceptors (Lipinski definition) is 1. The maximum atomic E-state index is 13.7. The highest BCUT2D eigenvalue weighted by molar-refractivity contribution is 5.75. The third kappa shape index (κ3) is 3.07. The number of rotatable bonds is 4. The van der Waals surface area contributed by atoms with E-state index in [1.807, 2.05) is 6.07 Å². The molecule has 0 saturated carbocycles. The van der Waals surface area contributed by atoms with E-state index in [9.17, 15) is 18.0 Å². The van der Waals surface area contributed by atoms with E-state index >= 15 is 0 Å². The molecule has 4 heteroatoms. The van der Waals surface area contributed by atoms with Crippen molar-refractivity contribution in [3.8, 4) is 11.1 Å². The van der Waals surface area contributed by atoms with Crippen LogP contribution in [0.4, 0.5) is 13.2 Å². The Hall–Kier alpha value is -2.10. The minimum atomic E-state index is -1.48. The molecule has 0 amide bonds. The molecule has 0 heterocycles. The van der Waals surface area contributed by atoms with Crippen molar-refractivity contribution in [2.45, 2.75) is 19.8 Å². The van der Waals surface area contributed by atoms with Crippen LogP contribution in [0.2, 0.25) is 0 Å². The van der Waals surface area contributed by atoms with Crippen LogP contribution in [0.3, 0.4) is 0 Å². The van der Waals surface area contributed by atoms with E-state index in [0.29, 0.717) is 18.4 Å². The summed E-state index contributed by atoms with van der Waals surface area (Å²) in [6.45, 7) is 1.50. The van der Waals surface area contributed by atoms with E-state index < -0.39 is 17.5 Å². The van der Waals surface area contributed by atoms with Gasteiger partial charge in [0, 0.05) is 12.0 Å². The van der Waals surface area contributed by atoms with Gasteiger partial charge in [-0.15, -0.1) is 0 Å². The number of hydrogen-bond donors (Lipinski definition) is 0. The van der Waals surface area contributed by atoms with E-state index in [0.717, 1.165) is 11.6 Å². The summed E-state index contributed by atoms with van der Waals surface area (Å²) >= 11 is 0. The minimum absolute atomic E-state index is 0.00794. The first-order valence-electron chi connectivity index (χ1n) is 6.21. The molecule has 0 N–H and O–H groups in total. The van der Waals surface area contributed by atoms with Crippen molar-refractivity contribution in [2.75, 3.05) is 0 Å². The average molecular weight is 278 g/mol. The van der Waals surface area contributed by atoms with E-state index in [4.69, 9.17) is 0 Å². The standard InChI is InChI=1S/C16H13F3O/c1-10(20)5-6-11-3-2-4-12(9-11)13-7-8-14(17)16(19)15(13)18/h2-4,7-9H,5-6H2,1H3. The maximum absolute atomic E-state index is 13.7. The van der Waals surface area contributed by atoms with E-state index in [1.165, 1.54) is 13.0 Å². The molecule has 2 aromatic rings. The van der Waals surface area contributed by atoms with Gasteiger partial charge in [0.15, 0.2) is 17.5 Å². The Morgan fingerprint density at radius 3 is 2.50 bits per heavy atom. The van der Waals surface area contributed by atoms with Crippen LogP contribution in [0.15, 0.2) is 36.4 Å². The van der Waals surface area contributed by atoms with Gasteiger partial charge >= 0.3 is 0 Å². The highest BCUT2D eigenvalue weighted by Gasteiger charge is 2.14. The Kier molecular flexibility index (Phi) is 4.23. The van der Waals surface area contributed by atoms with E-state index in [-0.39, 0.29) is 11.3 Å². The molecular formula is C16H13F3O. The molecule has 0 spiro atoms. The van der Waals surface area contributed by atoms with Gasteiger partial charge in [0.05, 0.1) is 0 Å². The molecule has 0 aromatic heterocycles. The second-order valence-corrected chi connectivity index (χ2v) is 4.63. The summed E-state index contributed by atoms with van der Waals surface area (Å²) < 4.78 is 39.9. The molecule has 0 aliphatic heterocycles. The number of Topliss-reactive ketones (excluding diaryl/α,β-unsaturated/α-hetero) is 1. The van der Waals surface area contributed by atoms with Crippen LogP contribution >= 0.6 is 0 Å². The zero-order valence-corrected chi connectivity index (χ0v) is 10.9. The summed E-state index contributed by atoms with van der Waals surface area (Å²) in [6.07, 6.45) is 0.929. The van der Waals surface area contributed by atoms with Gasteiger partial charge in [-0.1, -0.05) is 24.3 Å². The Bertz CT molecular complexity index is 650. The van der Waals surface area contributed by atoms with Crippen LogP contribution in [0.5, 0.6) is 0 Å². The van der Waals surface area contributed by atoms with Gasteiger partial charge in [0.1, 0.15) is 5.78 Å². The molecule has 2 aromatic carbocycles. The fourth-order valence-electron chi connectivity index (χ4n) is 1.96. The summed E-state index contributed by atoms with van der Waals surface area (Å²) in [4.78, 5) is 11.0. The van der Waals surface area contributed by atoms with Gasteiger partial charge in [-0.05, 0) is 36.6 Å². The molecule has 0 aliphatic rings. The Morgan fingerprint density at radius 1 is 1.05 bits per heavy atom. The molecule has 1 nitrogen and oxygen atoms in total. The van der Waals surface area contributed by atoms with E-state index in [2.05, 4.69) is 0 Å². The van der Waals surface area contributed by atoms with Crippen LogP contribution < -0.4 is 0 Å². The van der Waals surface area contributed by atoms with Crippen molar-refractivity contribution < 1.29 is 18.0 Å². The zero-order chi connectivity index (χ0) is 14.7. The quantitative estimate of drug-likeness (QED) is 0.762. The Balaban J connectivity index is 2.36. The number of halogens is 3. The molecule has 0 fully saturated rings. The summed E-state index contributed by atoms with van der Waals surface area (Å²) in [5.41, 5.74) is 1.32. The lowest BCUT2D eigenvalue weighted by Crippen LogP contribution is -1.96. The molecule has 104 valence electrons. The number of aryl methyl sites for hydroxylation is 1. The Labute approximate surface area is 115 Å². The van der Waals surface area contributed by atoms with Crippen molar-refractivity contribution in [3.05, 3.63) is 59.4 Å². The third-order valence-corrected chi connectivity index (χ3v) is 3.04. The van der Waals surface area contributed by atoms with E-state index in [1.54, 1.807) is 18.2 Å². The fraction of sp³-hybridized carbons (Fsp3) is 0.188. The number of ketones is 1. The highest BCUT2D eigenvalue weighted by atomic mass is 19.2. The maximum Gasteiger partial charge on any atom is 0.195 e. The fourth-order valence-corrected chi connectivity index (χ4v) is 1.96. The van der Waals surface area contributed by atoms with Crippen molar-refractivity contribution in [3.63, 3.8) is 0 Å². The SMILES string of the molecule is CC(=O)CCc1cccc(-c2ccc(F)c(F)c2F)c1. The lowest BCUT2D eigenvalue weighted by atomic mass is 10.00. The normalized spacial score (nSPS) is 10.6. The molecule has 0 bridgehead atoms. The topological polar surface area (TPSA) is 17.1 Å². The number of benzene rings is 2. The largest absolute Gasteiger partial charge is 0.300 e. The molecule has 0 aliphatic carbocycles. The summed E-state index contributed by atoms with van der Waals surface area (Å²) in [6, 6.07) is 8.91. The lowest BCUT2D eigenvalue weighted by Gasteiger charge is -2.07. The predicted molar refractivity (Wildman–Crippen MR) is 70.8 cm³/mol. The molecule has 20 heavy (non-hydrogen) atoms. The molecular weight excluding hydrogens is 265 g/mol. The Morgan fingerprint density at radius 2 is 1.80 bits per heavy atom. The highest BCUT2D eigenvalue weighted by Crippen LogP contribution is 2.26. The van der Waals surface area contributed by atoms with Crippen molar-refractivity contribution in [1.29, 1.82) is 0 Å². The minimum Gasteiger partial charge on any atom is -0.300 e. The van der Waals surface area contributed by atoms with Crippen molar-refractivity contribution in [2.24, 2.45) is 0 Å². The smallest absolute Gasteiger partial charge is 0.195 e. The summed E-state index contributed by atoms with van der Waals surface area (Å²) in [5.74, 6) is -3.82.